The molecule has 1 atom stereocenters. The van der Waals surface area contributed by atoms with Crippen LogP contribution >= 0.6 is 22.7 Å². The second-order valence-corrected chi connectivity index (χ2v) is 10.3. The zero-order chi connectivity index (χ0) is 23.9. The normalized spacial score (nSPS) is 12.1. The van der Waals surface area contributed by atoms with Crippen LogP contribution < -0.4 is 5.32 Å². The summed E-state index contributed by atoms with van der Waals surface area (Å²) in [5, 5.41) is 8.12. The molecule has 0 radical (unpaired) electrons. The minimum atomic E-state index is -0.0111. The number of carbonyl (C=O) groups is 1. The van der Waals surface area contributed by atoms with Gasteiger partial charge < -0.3 is 9.88 Å². The van der Waals surface area contributed by atoms with E-state index in [-0.39, 0.29) is 5.91 Å². The van der Waals surface area contributed by atoms with Crippen molar-refractivity contribution in [3.05, 3.63) is 63.7 Å². The third-order valence-corrected chi connectivity index (χ3v) is 7.87. The van der Waals surface area contributed by atoms with Crippen molar-refractivity contribution >= 4 is 28.6 Å². The average molecular weight is 494 g/mol. The van der Waals surface area contributed by atoms with E-state index in [1.54, 1.807) is 29.9 Å². The Balaban J connectivity index is 1.63. The van der Waals surface area contributed by atoms with Gasteiger partial charge in [-0.3, -0.25) is 14.8 Å². The summed E-state index contributed by atoms with van der Waals surface area (Å²) in [5.41, 5.74) is 4.21. The van der Waals surface area contributed by atoms with Crippen molar-refractivity contribution in [3.8, 4) is 22.1 Å². The lowest BCUT2D eigenvalue weighted by molar-refractivity contribution is 0.0945. The largest absolute Gasteiger partial charge is 0.352 e. The monoisotopic (exact) mass is 493 g/mol. The third kappa shape index (κ3) is 5.62. The van der Waals surface area contributed by atoms with E-state index in [9.17, 15) is 4.79 Å². The Kier molecular flexibility index (Phi) is 8.24. The zero-order valence-electron chi connectivity index (χ0n) is 20.0. The van der Waals surface area contributed by atoms with Crippen molar-refractivity contribution in [2.24, 2.45) is 5.92 Å². The highest BCUT2D eigenvalue weighted by atomic mass is 32.1. The molecule has 0 spiro atoms. The lowest BCUT2D eigenvalue weighted by Gasteiger charge is -2.15. The molecule has 4 aromatic rings. The van der Waals surface area contributed by atoms with E-state index in [0.717, 1.165) is 40.6 Å². The fourth-order valence-corrected chi connectivity index (χ4v) is 5.51. The maximum Gasteiger partial charge on any atom is 0.253 e. The number of unbranched alkanes of at least 4 members (excludes halogenated alkanes) is 1. The Labute approximate surface area is 209 Å². The van der Waals surface area contributed by atoms with Crippen molar-refractivity contribution in [2.75, 3.05) is 6.54 Å². The highest BCUT2D eigenvalue weighted by molar-refractivity contribution is 7.13. The molecule has 8 heteroatoms. The van der Waals surface area contributed by atoms with Gasteiger partial charge in [0.25, 0.3) is 5.91 Å². The standard InChI is InChI=1S/C26H31N5OS2/c1-4-6-8-19(5-2)14-29-25(32)21-13-24(31(18(21)3)16-20-9-7-12-33-20)23-17-34-26(30-23)22-15-27-10-11-28-22/h7,9-13,15,17,19H,4-6,8,14,16H2,1-3H3,(H,29,32). The SMILES string of the molecule is CCCCC(CC)CNC(=O)c1cc(-c2csc(-c3cnccn3)n2)n(Cc2cccs2)c1C. The summed E-state index contributed by atoms with van der Waals surface area (Å²) in [6.07, 6.45) is 9.67. The van der Waals surface area contributed by atoms with Crippen LogP contribution in [-0.2, 0) is 6.54 Å². The maximum atomic E-state index is 13.2. The molecular formula is C26H31N5OS2. The van der Waals surface area contributed by atoms with Crippen molar-refractivity contribution in [1.29, 1.82) is 0 Å². The van der Waals surface area contributed by atoms with Crippen LogP contribution in [0.25, 0.3) is 22.1 Å². The van der Waals surface area contributed by atoms with Gasteiger partial charge >= 0.3 is 0 Å². The number of aromatic nitrogens is 4. The lowest BCUT2D eigenvalue weighted by Crippen LogP contribution is -2.29. The summed E-state index contributed by atoms with van der Waals surface area (Å²) in [5.74, 6) is 0.507. The van der Waals surface area contributed by atoms with Crippen molar-refractivity contribution in [3.63, 3.8) is 0 Å². The van der Waals surface area contributed by atoms with Crippen molar-refractivity contribution in [2.45, 2.75) is 53.0 Å². The first kappa shape index (κ1) is 24.3. The molecule has 1 N–H and O–H groups in total. The first-order chi connectivity index (χ1) is 16.6. The number of carbonyl (C=O) groups excluding carboxylic acids is 1. The van der Waals surface area contributed by atoms with Gasteiger partial charge in [0.2, 0.25) is 0 Å². The second-order valence-electron chi connectivity index (χ2n) is 8.45. The van der Waals surface area contributed by atoms with Gasteiger partial charge in [-0.1, -0.05) is 39.2 Å². The molecule has 0 aromatic carbocycles. The van der Waals surface area contributed by atoms with E-state index in [1.165, 1.54) is 29.1 Å². The van der Waals surface area contributed by atoms with Gasteiger partial charge in [0.15, 0.2) is 0 Å². The third-order valence-electron chi connectivity index (χ3n) is 6.15. The smallest absolute Gasteiger partial charge is 0.253 e. The van der Waals surface area contributed by atoms with Crippen LogP contribution in [0.4, 0.5) is 0 Å². The number of hydrogen-bond donors (Lipinski definition) is 1. The lowest BCUT2D eigenvalue weighted by atomic mass is 9.99. The molecule has 0 saturated carbocycles. The number of rotatable bonds is 11. The quantitative estimate of drug-likeness (QED) is 0.261. The number of thiophene rings is 1. The van der Waals surface area contributed by atoms with Gasteiger partial charge in [0.05, 0.1) is 29.7 Å². The molecule has 0 aliphatic rings. The molecule has 4 aromatic heterocycles. The van der Waals surface area contributed by atoms with Gasteiger partial charge in [-0.05, 0) is 36.8 Å². The summed E-state index contributed by atoms with van der Waals surface area (Å²) in [6.45, 7) is 7.85. The summed E-state index contributed by atoms with van der Waals surface area (Å²) < 4.78 is 2.20. The Hall–Kier alpha value is -2.84. The van der Waals surface area contributed by atoms with E-state index in [1.807, 2.05) is 18.4 Å². The van der Waals surface area contributed by atoms with E-state index >= 15 is 0 Å². The summed E-state index contributed by atoms with van der Waals surface area (Å²) in [4.78, 5) is 27.8. The van der Waals surface area contributed by atoms with Crippen LogP contribution in [0.5, 0.6) is 0 Å². The molecule has 4 rings (SSSR count). The molecular weight excluding hydrogens is 462 g/mol. The number of amides is 1. The Morgan fingerprint density at radius 3 is 2.79 bits per heavy atom. The highest BCUT2D eigenvalue weighted by Crippen LogP contribution is 2.31. The number of thiazole rings is 1. The van der Waals surface area contributed by atoms with Crippen LogP contribution in [-0.4, -0.2) is 32.0 Å². The van der Waals surface area contributed by atoms with Crippen molar-refractivity contribution in [1.82, 2.24) is 24.8 Å². The molecule has 6 nitrogen and oxygen atoms in total. The number of nitrogens with zero attached hydrogens (tertiary/aromatic N) is 4. The maximum absolute atomic E-state index is 13.2. The summed E-state index contributed by atoms with van der Waals surface area (Å²) >= 11 is 3.25. The second kappa shape index (κ2) is 11.5. The van der Waals surface area contributed by atoms with E-state index in [4.69, 9.17) is 4.98 Å². The predicted molar refractivity (Wildman–Crippen MR) is 140 cm³/mol. The van der Waals surface area contributed by atoms with Gasteiger partial charge in [0, 0.05) is 34.9 Å². The zero-order valence-corrected chi connectivity index (χ0v) is 21.6. The molecule has 0 fully saturated rings. The Bertz CT molecular complexity index is 1200. The minimum absolute atomic E-state index is 0.0111. The van der Waals surface area contributed by atoms with Crippen LogP contribution in [0.15, 0.2) is 47.5 Å². The average Bonchev–Trinajstić information content (AvgIpc) is 3.62. The van der Waals surface area contributed by atoms with Crippen LogP contribution in [0.2, 0.25) is 0 Å². The topological polar surface area (TPSA) is 72.7 Å². The fraction of sp³-hybridized carbons (Fsp3) is 0.385. The molecule has 0 saturated heterocycles. The first-order valence-corrected chi connectivity index (χ1v) is 13.6. The molecule has 178 valence electrons. The fourth-order valence-electron chi connectivity index (χ4n) is 4.04. The van der Waals surface area contributed by atoms with Gasteiger partial charge in [-0.2, -0.15) is 0 Å². The van der Waals surface area contributed by atoms with Gasteiger partial charge in [-0.25, -0.2) is 4.98 Å². The highest BCUT2D eigenvalue weighted by Gasteiger charge is 2.21. The Morgan fingerprint density at radius 1 is 1.21 bits per heavy atom. The van der Waals surface area contributed by atoms with Gasteiger partial charge in [0.1, 0.15) is 10.7 Å². The number of hydrogen-bond acceptors (Lipinski definition) is 6. The first-order valence-electron chi connectivity index (χ1n) is 11.8. The number of nitrogens with one attached hydrogen (secondary N) is 1. The van der Waals surface area contributed by atoms with Crippen LogP contribution in [0.3, 0.4) is 0 Å². The minimum Gasteiger partial charge on any atom is -0.352 e. The molecule has 0 bridgehead atoms. The van der Waals surface area contributed by atoms with Gasteiger partial charge in [-0.15, -0.1) is 22.7 Å². The van der Waals surface area contributed by atoms with E-state index in [2.05, 4.69) is 51.2 Å². The van der Waals surface area contributed by atoms with Crippen molar-refractivity contribution < 1.29 is 4.79 Å². The van der Waals surface area contributed by atoms with E-state index < -0.39 is 0 Å². The predicted octanol–water partition coefficient (Wildman–Crippen LogP) is 6.43. The summed E-state index contributed by atoms with van der Waals surface area (Å²) in [7, 11) is 0. The molecule has 1 amide bonds. The molecule has 1 unspecified atom stereocenters. The van der Waals surface area contributed by atoms with E-state index in [0.29, 0.717) is 24.6 Å². The summed E-state index contributed by atoms with van der Waals surface area (Å²) in [6, 6.07) is 6.17. The molecule has 0 aliphatic heterocycles. The molecule has 4 heterocycles. The molecule has 0 aliphatic carbocycles. The molecule has 34 heavy (non-hydrogen) atoms. The van der Waals surface area contributed by atoms with Crippen LogP contribution in [0, 0.1) is 12.8 Å². The van der Waals surface area contributed by atoms with Crippen LogP contribution in [0.1, 0.15) is 60.5 Å². The Morgan fingerprint density at radius 2 is 2.09 bits per heavy atom.